The predicted octanol–water partition coefficient (Wildman–Crippen LogP) is 2.99. The lowest BCUT2D eigenvalue weighted by Crippen LogP contribution is -2.19. The van der Waals surface area contributed by atoms with Crippen LogP contribution in [0.1, 0.15) is 26.3 Å². The zero-order chi connectivity index (χ0) is 21.8. The van der Waals surface area contributed by atoms with Crippen LogP contribution in [0.5, 0.6) is 11.5 Å². The Morgan fingerprint density at radius 2 is 1.87 bits per heavy atom. The number of nitrogens with zero attached hydrogens (tertiary/aromatic N) is 1. The molecule has 0 atom stereocenters. The minimum atomic E-state index is -1.24. The molecule has 0 radical (unpaired) electrons. The highest BCUT2D eigenvalue weighted by molar-refractivity contribution is 8.18. The highest BCUT2D eigenvalue weighted by Crippen LogP contribution is 2.36. The van der Waals surface area contributed by atoms with Gasteiger partial charge in [0, 0.05) is 0 Å². The number of carboxylic acids is 2. The topological polar surface area (TPSA) is 135 Å². The maximum Gasteiger partial charge on any atom is 0.340 e. The number of hydrogen-bond donors (Lipinski definition) is 3. The summed E-state index contributed by atoms with van der Waals surface area (Å²) >= 11 is 1.00. The van der Waals surface area contributed by atoms with Crippen LogP contribution in [0.25, 0.3) is 6.08 Å². The molecule has 30 heavy (non-hydrogen) atoms. The number of benzene rings is 2. The number of carboxylic acid groups (broad SMARTS) is 2. The van der Waals surface area contributed by atoms with Crippen LogP contribution >= 0.6 is 11.8 Å². The van der Waals surface area contributed by atoms with E-state index >= 15 is 0 Å². The van der Waals surface area contributed by atoms with Crippen LogP contribution in [-0.2, 0) is 4.79 Å². The summed E-state index contributed by atoms with van der Waals surface area (Å²) in [5.74, 6) is -2.49. The van der Waals surface area contributed by atoms with E-state index in [0.29, 0.717) is 5.69 Å². The first-order valence-electron chi connectivity index (χ1n) is 8.45. The number of methoxy groups -OCH3 is 2. The summed E-state index contributed by atoms with van der Waals surface area (Å²) in [6, 6.07) is 9.01. The van der Waals surface area contributed by atoms with Crippen molar-refractivity contribution in [2.24, 2.45) is 4.99 Å². The standard InChI is InChI=1S/C20H16N2O7S/c1-28-13-7-6-10(15(19(26)27)16(13)29-2)9-14-17(23)22-20(30-14)21-12-5-3-4-11(8-12)18(24)25/h3-9H,1-2H3,(H,24,25)(H,26,27)(H,21,22,23)/b14-9-. The molecule has 2 aromatic carbocycles. The molecule has 0 spiro atoms. The molecule has 154 valence electrons. The van der Waals surface area contributed by atoms with Gasteiger partial charge < -0.3 is 25.0 Å². The van der Waals surface area contributed by atoms with Gasteiger partial charge in [-0.3, -0.25) is 4.79 Å². The quantitative estimate of drug-likeness (QED) is 0.598. The summed E-state index contributed by atoms with van der Waals surface area (Å²) in [7, 11) is 2.72. The Morgan fingerprint density at radius 3 is 2.50 bits per heavy atom. The van der Waals surface area contributed by atoms with Crippen LogP contribution < -0.4 is 14.8 Å². The molecule has 1 amide bonds. The smallest absolute Gasteiger partial charge is 0.340 e. The van der Waals surface area contributed by atoms with E-state index < -0.39 is 17.8 Å². The Balaban J connectivity index is 1.96. The number of aromatic carboxylic acids is 2. The molecule has 0 bridgehead atoms. The van der Waals surface area contributed by atoms with Crippen LogP contribution in [0.3, 0.4) is 0 Å². The Bertz CT molecular complexity index is 1110. The van der Waals surface area contributed by atoms with Crippen LogP contribution in [0.4, 0.5) is 5.69 Å². The molecule has 3 N–H and O–H groups in total. The van der Waals surface area contributed by atoms with Crippen molar-refractivity contribution in [3.05, 3.63) is 58.0 Å². The zero-order valence-electron chi connectivity index (χ0n) is 15.8. The van der Waals surface area contributed by atoms with Gasteiger partial charge >= 0.3 is 11.9 Å². The lowest BCUT2D eigenvalue weighted by atomic mass is 10.0. The van der Waals surface area contributed by atoms with Crippen LogP contribution in [0.2, 0.25) is 0 Å². The molecular formula is C20H16N2O7S. The van der Waals surface area contributed by atoms with Crippen LogP contribution in [0.15, 0.2) is 46.3 Å². The molecular weight excluding hydrogens is 412 g/mol. The molecule has 0 aromatic heterocycles. The molecule has 10 heteroatoms. The van der Waals surface area contributed by atoms with E-state index in [9.17, 15) is 19.5 Å². The van der Waals surface area contributed by atoms with Gasteiger partial charge in [0.25, 0.3) is 5.91 Å². The third kappa shape index (κ3) is 4.28. The van der Waals surface area contributed by atoms with Gasteiger partial charge in [0.1, 0.15) is 5.56 Å². The number of amidine groups is 1. The number of carbonyl (C=O) groups is 3. The van der Waals surface area contributed by atoms with Gasteiger partial charge in [-0.25, -0.2) is 14.6 Å². The number of ether oxygens (including phenoxy) is 2. The van der Waals surface area contributed by atoms with Crippen molar-refractivity contribution in [2.75, 3.05) is 14.2 Å². The number of aliphatic imine (C=N–C) groups is 1. The van der Waals surface area contributed by atoms with Gasteiger partial charge in [0.15, 0.2) is 16.7 Å². The Morgan fingerprint density at radius 1 is 1.10 bits per heavy atom. The minimum absolute atomic E-state index is 0.0436. The molecule has 9 nitrogen and oxygen atoms in total. The molecule has 1 heterocycles. The SMILES string of the molecule is COc1ccc(/C=C2\SC(=Nc3cccc(C(=O)O)c3)NC2=O)c(C(=O)O)c1OC. The first-order valence-corrected chi connectivity index (χ1v) is 9.27. The Labute approximate surface area is 175 Å². The predicted molar refractivity (Wildman–Crippen MR) is 111 cm³/mol. The molecule has 0 aliphatic carbocycles. The number of hydrogen-bond acceptors (Lipinski definition) is 7. The Kier molecular flexibility index (Phi) is 6.07. The minimum Gasteiger partial charge on any atom is -0.493 e. The second kappa shape index (κ2) is 8.70. The highest BCUT2D eigenvalue weighted by atomic mass is 32.2. The van der Waals surface area contributed by atoms with Gasteiger partial charge in [0.05, 0.1) is 30.4 Å². The molecule has 1 aliphatic heterocycles. The fourth-order valence-electron chi connectivity index (χ4n) is 2.73. The van der Waals surface area contributed by atoms with Crippen molar-refractivity contribution in [1.82, 2.24) is 5.32 Å². The number of thioether (sulfide) groups is 1. The molecule has 0 unspecified atom stereocenters. The molecule has 1 aliphatic rings. The van der Waals surface area contributed by atoms with E-state index in [1.165, 1.54) is 38.5 Å². The monoisotopic (exact) mass is 428 g/mol. The lowest BCUT2D eigenvalue weighted by Gasteiger charge is -2.12. The third-order valence-electron chi connectivity index (χ3n) is 4.05. The van der Waals surface area contributed by atoms with Crippen LogP contribution in [-0.4, -0.2) is 47.4 Å². The van der Waals surface area contributed by atoms with Crippen molar-refractivity contribution in [3.63, 3.8) is 0 Å². The molecule has 3 rings (SSSR count). The zero-order valence-corrected chi connectivity index (χ0v) is 16.6. The first-order chi connectivity index (χ1) is 14.3. The maximum atomic E-state index is 12.3. The second-order valence-electron chi connectivity index (χ2n) is 5.91. The fraction of sp³-hybridized carbons (Fsp3) is 0.100. The number of carbonyl (C=O) groups excluding carboxylic acids is 1. The van der Waals surface area contributed by atoms with Gasteiger partial charge in [-0.1, -0.05) is 12.1 Å². The lowest BCUT2D eigenvalue weighted by molar-refractivity contribution is -0.115. The molecule has 0 saturated carbocycles. The van der Waals surface area contributed by atoms with E-state index in [0.717, 1.165) is 11.8 Å². The fourth-order valence-corrected chi connectivity index (χ4v) is 3.56. The van der Waals surface area contributed by atoms with E-state index in [-0.39, 0.29) is 38.3 Å². The van der Waals surface area contributed by atoms with E-state index in [1.807, 2.05) is 0 Å². The number of nitrogens with one attached hydrogen (secondary N) is 1. The normalized spacial score (nSPS) is 15.9. The average molecular weight is 428 g/mol. The number of rotatable bonds is 6. The van der Waals surface area contributed by atoms with E-state index in [4.69, 9.17) is 14.6 Å². The van der Waals surface area contributed by atoms with Gasteiger partial charge in [-0.2, -0.15) is 0 Å². The summed E-state index contributed by atoms with van der Waals surface area (Å²) in [6.07, 6.45) is 1.42. The molecule has 2 aromatic rings. The van der Waals surface area contributed by atoms with E-state index in [2.05, 4.69) is 10.3 Å². The summed E-state index contributed by atoms with van der Waals surface area (Å²) in [5.41, 5.74) is 0.541. The molecule has 1 saturated heterocycles. The molecule has 1 fully saturated rings. The Hall–Kier alpha value is -3.79. The largest absolute Gasteiger partial charge is 0.493 e. The van der Waals surface area contributed by atoms with Gasteiger partial charge in [0.2, 0.25) is 0 Å². The summed E-state index contributed by atoms with van der Waals surface area (Å²) in [6.45, 7) is 0. The van der Waals surface area contributed by atoms with Crippen molar-refractivity contribution in [1.29, 1.82) is 0 Å². The summed E-state index contributed by atoms with van der Waals surface area (Å²) < 4.78 is 10.3. The highest BCUT2D eigenvalue weighted by Gasteiger charge is 2.26. The maximum absolute atomic E-state index is 12.3. The second-order valence-corrected chi connectivity index (χ2v) is 6.94. The van der Waals surface area contributed by atoms with Crippen molar-refractivity contribution in [3.8, 4) is 11.5 Å². The van der Waals surface area contributed by atoms with Crippen LogP contribution in [0, 0.1) is 0 Å². The summed E-state index contributed by atoms with van der Waals surface area (Å²) in [5, 5.41) is 21.5. The average Bonchev–Trinajstić information content (AvgIpc) is 3.05. The van der Waals surface area contributed by atoms with Gasteiger partial charge in [-0.05, 0) is 47.7 Å². The number of amides is 1. The summed E-state index contributed by atoms with van der Waals surface area (Å²) in [4.78, 5) is 39.7. The van der Waals surface area contributed by atoms with Crippen molar-refractivity contribution >= 4 is 46.5 Å². The van der Waals surface area contributed by atoms with Crippen molar-refractivity contribution in [2.45, 2.75) is 0 Å². The first kappa shape index (κ1) is 20.9. The van der Waals surface area contributed by atoms with Crippen molar-refractivity contribution < 1.29 is 34.1 Å². The third-order valence-corrected chi connectivity index (χ3v) is 4.96. The van der Waals surface area contributed by atoms with Gasteiger partial charge in [-0.15, -0.1) is 0 Å². The van der Waals surface area contributed by atoms with E-state index in [1.54, 1.807) is 18.2 Å².